The third-order valence-corrected chi connectivity index (χ3v) is 0. The maximum Gasteiger partial charge on any atom is 1.00 e. The summed E-state index contributed by atoms with van der Waals surface area (Å²) >= 11 is 0. The molecule has 0 aromatic carbocycles. The van der Waals surface area contributed by atoms with Gasteiger partial charge in [-0.2, -0.15) is 0 Å². The Morgan fingerprint density at radius 1 is 1.60 bits per heavy atom. The third-order valence-electron chi connectivity index (χ3n) is 0. The molecular weight excluding hydrogens is 161 g/mol. The summed E-state index contributed by atoms with van der Waals surface area (Å²) in [6, 6.07) is 0. The fraction of sp³-hybridized carbons (Fsp3) is 0. The molecule has 33 valence electrons. The fourth-order valence-electron chi connectivity index (χ4n) is 0. The molecule has 0 aliphatic heterocycles. The van der Waals surface area contributed by atoms with Crippen LogP contribution in [-0.2, 0) is 19.5 Å². The second-order valence-electron chi connectivity index (χ2n) is 0.0816. The minimum Gasteiger partial charge on any atom is -0.693 e. The van der Waals surface area contributed by atoms with E-state index in [4.69, 9.17) is 10.1 Å². The normalized spacial score (nSPS) is 2.40. The summed E-state index contributed by atoms with van der Waals surface area (Å²) in [4.78, 5) is 8.11. The van der Waals surface area contributed by atoms with Crippen molar-refractivity contribution in [2.45, 2.75) is 0 Å². The van der Waals surface area contributed by atoms with Gasteiger partial charge in [0.2, 0.25) is 0 Å². The summed E-state index contributed by atoms with van der Waals surface area (Å²) in [7, 11) is 0. The standard InChI is InChI=1S/HNO2.H2N.Ru/c2-1-3;;/h(H,2,3);1H2;/q;-1;+1. The molecule has 0 saturated carbocycles. The Kier molecular flexibility index (Phi) is 147. The largest absolute Gasteiger partial charge is 1.00 e. The first-order chi connectivity index (χ1) is 1.41. The van der Waals surface area contributed by atoms with Crippen LogP contribution in [0.2, 0.25) is 0 Å². The summed E-state index contributed by atoms with van der Waals surface area (Å²) in [5.74, 6) is 0. The van der Waals surface area contributed by atoms with Gasteiger partial charge in [-0.25, -0.2) is 0 Å². The molecule has 1 radical (unpaired) electrons. The van der Waals surface area contributed by atoms with Crippen molar-refractivity contribution in [3.8, 4) is 0 Å². The van der Waals surface area contributed by atoms with E-state index in [2.05, 4.69) is 0 Å². The van der Waals surface area contributed by atoms with Crippen molar-refractivity contribution in [1.82, 2.24) is 0 Å². The van der Waals surface area contributed by atoms with Crippen LogP contribution in [0.4, 0.5) is 0 Å². The summed E-state index contributed by atoms with van der Waals surface area (Å²) in [5, 5.41) is 7.89. The molecule has 4 nitrogen and oxygen atoms in total. The predicted molar refractivity (Wildman–Crippen MR) is 12.9 cm³/mol. The van der Waals surface area contributed by atoms with Crippen LogP contribution in [-0.4, -0.2) is 5.21 Å². The Bertz CT molecular complexity index is 15.1. The second-order valence-corrected chi connectivity index (χ2v) is 0.0816. The van der Waals surface area contributed by atoms with Gasteiger partial charge in [0.05, 0.1) is 0 Å². The minimum absolute atomic E-state index is 0. The maximum atomic E-state index is 8.11. The van der Waals surface area contributed by atoms with Crippen LogP contribution >= 0.6 is 0 Å². The Balaban J connectivity index is -0.0000000200. The third kappa shape index (κ3) is 56700. The van der Waals surface area contributed by atoms with Gasteiger partial charge in [0.1, 0.15) is 0 Å². The van der Waals surface area contributed by atoms with E-state index in [1.807, 2.05) is 0 Å². The van der Waals surface area contributed by atoms with Crippen LogP contribution in [0.15, 0.2) is 5.34 Å². The molecule has 0 unspecified atom stereocenters. The molecule has 0 amide bonds. The molecule has 0 saturated heterocycles. The Labute approximate surface area is 41.8 Å². The molecule has 0 aromatic heterocycles. The molecule has 0 aliphatic rings. The maximum absolute atomic E-state index is 8.11. The molecular formula is H3N2O2Ru. The number of hydrogen-bond donors (Lipinski definition) is 1. The fourth-order valence-corrected chi connectivity index (χ4v) is 0. The van der Waals surface area contributed by atoms with Crippen molar-refractivity contribution in [1.29, 1.82) is 0 Å². The summed E-state index contributed by atoms with van der Waals surface area (Å²) in [6.45, 7) is 0. The summed E-state index contributed by atoms with van der Waals surface area (Å²) < 4.78 is 0. The average molecular weight is 164 g/mol. The van der Waals surface area contributed by atoms with Gasteiger partial charge in [0.25, 0.3) is 0 Å². The average Bonchev–Trinajstić information content (AvgIpc) is 0.918. The van der Waals surface area contributed by atoms with E-state index < -0.39 is 0 Å². The zero-order chi connectivity index (χ0) is 2.71. The number of nitrogens with zero attached hydrogens (tertiary/aromatic N) is 1. The smallest absolute Gasteiger partial charge is 0.693 e. The van der Waals surface area contributed by atoms with Gasteiger partial charge >= 0.3 is 19.5 Å². The van der Waals surface area contributed by atoms with Gasteiger partial charge in [0, 0.05) is 0 Å². The molecule has 0 heterocycles. The van der Waals surface area contributed by atoms with E-state index in [1.54, 1.807) is 0 Å². The van der Waals surface area contributed by atoms with Crippen LogP contribution in [0.1, 0.15) is 0 Å². The van der Waals surface area contributed by atoms with Gasteiger partial charge in [-0.05, 0) is 0 Å². The Morgan fingerprint density at radius 3 is 1.60 bits per heavy atom. The minimum atomic E-state index is 0. The first-order valence-corrected chi connectivity index (χ1v) is 0.383. The van der Waals surface area contributed by atoms with E-state index in [9.17, 15) is 0 Å². The van der Waals surface area contributed by atoms with E-state index >= 15 is 0 Å². The molecule has 0 bridgehead atoms. The van der Waals surface area contributed by atoms with Gasteiger partial charge in [-0.1, -0.05) is 0 Å². The van der Waals surface area contributed by atoms with Crippen molar-refractivity contribution >= 4 is 0 Å². The quantitative estimate of drug-likeness (QED) is 0.327. The molecule has 0 aromatic rings. The topological polar surface area (TPSA) is 83.2 Å². The first-order valence-electron chi connectivity index (χ1n) is 0.383. The van der Waals surface area contributed by atoms with Gasteiger partial charge in [0.15, 0.2) is 5.34 Å². The van der Waals surface area contributed by atoms with E-state index in [-0.39, 0.29) is 25.6 Å². The van der Waals surface area contributed by atoms with E-state index in [0.29, 0.717) is 0 Å². The zero-order valence-corrected chi connectivity index (χ0v) is 3.97. The monoisotopic (exact) mass is 165 g/mol. The van der Waals surface area contributed by atoms with Crippen LogP contribution < -0.4 is 0 Å². The van der Waals surface area contributed by atoms with E-state index in [1.165, 1.54) is 5.34 Å². The van der Waals surface area contributed by atoms with Crippen molar-refractivity contribution in [2.24, 2.45) is 5.34 Å². The second kappa shape index (κ2) is 36.7. The van der Waals surface area contributed by atoms with Crippen molar-refractivity contribution in [3.63, 3.8) is 0 Å². The molecule has 5 heteroatoms. The molecule has 0 aliphatic carbocycles. The SMILES string of the molecule is O=NO.[NH2-].[Ru+]. The number of nitrogens with two attached hydrogens (primary N) is 1. The molecule has 0 spiro atoms. The Hall–Kier alpha value is -0.0166. The van der Waals surface area contributed by atoms with Gasteiger partial charge < -0.3 is 11.4 Å². The molecule has 5 heavy (non-hydrogen) atoms. The van der Waals surface area contributed by atoms with Gasteiger partial charge in [-0.3, -0.25) is 0 Å². The summed E-state index contributed by atoms with van der Waals surface area (Å²) in [5.41, 5.74) is 0. The number of hydrogen-bond acceptors (Lipinski definition) is 2. The Morgan fingerprint density at radius 2 is 1.60 bits per heavy atom. The first kappa shape index (κ1) is 20.1. The van der Waals surface area contributed by atoms with Crippen LogP contribution in [0.5, 0.6) is 0 Å². The van der Waals surface area contributed by atoms with Crippen LogP contribution in [0.3, 0.4) is 0 Å². The van der Waals surface area contributed by atoms with Crippen molar-refractivity contribution in [2.75, 3.05) is 0 Å². The molecule has 0 rings (SSSR count). The zero-order valence-electron chi connectivity index (χ0n) is 2.23. The number of rotatable bonds is 0. The molecule has 0 atom stereocenters. The van der Waals surface area contributed by atoms with Crippen molar-refractivity contribution < 1.29 is 24.7 Å². The van der Waals surface area contributed by atoms with Gasteiger partial charge in [-0.15, -0.1) is 4.91 Å². The molecule has 3 N–H and O–H groups in total. The molecule has 0 fully saturated rings. The van der Waals surface area contributed by atoms with Crippen molar-refractivity contribution in [3.05, 3.63) is 11.1 Å². The van der Waals surface area contributed by atoms with Crippen LogP contribution in [0, 0.1) is 4.91 Å². The van der Waals surface area contributed by atoms with Crippen LogP contribution in [0.25, 0.3) is 6.15 Å². The van der Waals surface area contributed by atoms with E-state index in [0.717, 1.165) is 0 Å². The predicted octanol–water partition coefficient (Wildman–Crippen LogP) is 0.857. The summed E-state index contributed by atoms with van der Waals surface area (Å²) in [6.07, 6.45) is 0.